The molecule has 0 spiro atoms. The van der Waals surface area contributed by atoms with Gasteiger partial charge in [-0.25, -0.2) is 13.6 Å². The Balaban J connectivity index is 2.20. The summed E-state index contributed by atoms with van der Waals surface area (Å²) >= 11 is 0. The van der Waals surface area contributed by atoms with Gasteiger partial charge in [0.25, 0.3) is 0 Å². The molecule has 6 heteroatoms. The van der Waals surface area contributed by atoms with Gasteiger partial charge >= 0.3 is 6.03 Å². The number of amides is 3. The zero-order valence-corrected chi connectivity index (χ0v) is 8.17. The molecule has 1 aliphatic rings. The molecule has 0 saturated carbocycles. The minimum Gasteiger partial charge on any atom is -0.329 e. The van der Waals surface area contributed by atoms with Crippen LogP contribution in [0.25, 0.3) is 0 Å². The van der Waals surface area contributed by atoms with Crippen LogP contribution >= 0.6 is 0 Å². The number of nitrogens with zero attached hydrogens (tertiary/aromatic N) is 1. The molecule has 1 N–H and O–H groups in total. The third-order valence-electron chi connectivity index (χ3n) is 2.28. The van der Waals surface area contributed by atoms with E-state index < -0.39 is 23.6 Å². The SMILES string of the molecule is O=C1CNC(=O)N1Cc1ccc(F)cc1F. The molecular weight excluding hydrogens is 218 g/mol. The number of halogens is 2. The third kappa shape index (κ3) is 1.86. The van der Waals surface area contributed by atoms with Crippen LogP contribution in [0.2, 0.25) is 0 Å². The Kier molecular flexibility index (Phi) is 2.55. The average molecular weight is 226 g/mol. The van der Waals surface area contributed by atoms with Gasteiger partial charge in [-0.1, -0.05) is 6.07 Å². The predicted octanol–water partition coefficient (Wildman–Crippen LogP) is 1.02. The van der Waals surface area contributed by atoms with Crippen molar-refractivity contribution in [1.82, 2.24) is 10.2 Å². The van der Waals surface area contributed by atoms with Crippen molar-refractivity contribution in [3.63, 3.8) is 0 Å². The van der Waals surface area contributed by atoms with Gasteiger partial charge in [-0.15, -0.1) is 0 Å². The number of nitrogens with one attached hydrogen (secondary N) is 1. The van der Waals surface area contributed by atoms with E-state index in [0.717, 1.165) is 11.0 Å². The van der Waals surface area contributed by atoms with Gasteiger partial charge in [-0.05, 0) is 6.07 Å². The van der Waals surface area contributed by atoms with Crippen molar-refractivity contribution in [1.29, 1.82) is 0 Å². The predicted molar refractivity (Wildman–Crippen MR) is 50.3 cm³/mol. The van der Waals surface area contributed by atoms with Crippen LogP contribution in [0.5, 0.6) is 0 Å². The summed E-state index contributed by atoms with van der Waals surface area (Å²) in [7, 11) is 0. The molecule has 84 valence electrons. The van der Waals surface area contributed by atoms with Gasteiger partial charge in [0.05, 0.1) is 13.1 Å². The summed E-state index contributed by atoms with van der Waals surface area (Å²) in [5.74, 6) is -1.89. The fraction of sp³-hybridized carbons (Fsp3) is 0.200. The molecule has 0 aromatic heterocycles. The van der Waals surface area contributed by atoms with Gasteiger partial charge in [0.1, 0.15) is 11.6 Å². The van der Waals surface area contributed by atoms with Gasteiger partial charge < -0.3 is 5.32 Å². The summed E-state index contributed by atoms with van der Waals surface area (Å²) in [4.78, 5) is 23.3. The molecule has 1 aromatic rings. The lowest BCUT2D eigenvalue weighted by Crippen LogP contribution is -2.30. The molecule has 0 atom stereocenters. The zero-order valence-electron chi connectivity index (χ0n) is 8.17. The fourth-order valence-electron chi connectivity index (χ4n) is 1.44. The van der Waals surface area contributed by atoms with E-state index >= 15 is 0 Å². The minimum atomic E-state index is -0.771. The molecule has 2 rings (SSSR count). The summed E-state index contributed by atoms with van der Waals surface area (Å²) in [6.45, 7) is -0.265. The van der Waals surface area contributed by atoms with E-state index in [1.807, 2.05) is 0 Å². The van der Waals surface area contributed by atoms with E-state index in [0.29, 0.717) is 6.07 Å². The van der Waals surface area contributed by atoms with E-state index in [-0.39, 0.29) is 18.7 Å². The van der Waals surface area contributed by atoms with Gasteiger partial charge in [-0.2, -0.15) is 0 Å². The van der Waals surface area contributed by atoms with Crippen molar-refractivity contribution < 1.29 is 18.4 Å². The molecule has 16 heavy (non-hydrogen) atoms. The highest BCUT2D eigenvalue weighted by molar-refractivity contribution is 6.01. The Bertz CT molecular complexity index is 446. The van der Waals surface area contributed by atoms with E-state index in [1.165, 1.54) is 6.07 Å². The normalized spacial score (nSPS) is 15.5. The summed E-state index contributed by atoms with van der Waals surface area (Å²) in [6.07, 6.45) is 0. The fourth-order valence-corrected chi connectivity index (χ4v) is 1.44. The molecule has 0 aliphatic carbocycles. The first-order valence-corrected chi connectivity index (χ1v) is 4.60. The lowest BCUT2D eigenvalue weighted by molar-refractivity contribution is -0.125. The molecule has 4 nitrogen and oxygen atoms in total. The van der Waals surface area contributed by atoms with Crippen LogP contribution < -0.4 is 5.32 Å². The lowest BCUT2D eigenvalue weighted by Gasteiger charge is -2.12. The smallest absolute Gasteiger partial charge is 0.324 e. The van der Waals surface area contributed by atoms with Crippen molar-refractivity contribution in [2.75, 3.05) is 6.54 Å². The zero-order chi connectivity index (χ0) is 11.7. The summed E-state index contributed by atoms with van der Waals surface area (Å²) in [5.41, 5.74) is 0.104. The van der Waals surface area contributed by atoms with Crippen molar-refractivity contribution in [2.24, 2.45) is 0 Å². The Hall–Kier alpha value is -1.98. The highest BCUT2D eigenvalue weighted by Crippen LogP contribution is 2.13. The lowest BCUT2D eigenvalue weighted by atomic mass is 10.2. The first-order valence-electron chi connectivity index (χ1n) is 4.60. The maximum absolute atomic E-state index is 13.2. The van der Waals surface area contributed by atoms with Gasteiger partial charge in [-0.3, -0.25) is 9.69 Å². The maximum atomic E-state index is 13.2. The van der Waals surface area contributed by atoms with E-state index in [9.17, 15) is 18.4 Å². The van der Waals surface area contributed by atoms with Crippen LogP contribution in [0, 0.1) is 11.6 Å². The van der Waals surface area contributed by atoms with E-state index in [2.05, 4.69) is 5.32 Å². The summed E-state index contributed by atoms with van der Waals surface area (Å²) in [5, 5.41) is 2.31. The Morgan fingerprint density at radius 2 is 2.06 bits per heavy atom. The number of imide groups is 1. The number of hydrogen-bond acceptors (Lipinski definition) is 2. The number of carbonyl (C=O) groups excluding carboxylic acids is 2. The monoisotopic (exact) mass is 226 g/mol. The molecule has 1 aromatic carbocycles. The quantitative estimate of drug-likeness (QED) is 0.765. The van der Waals surface area contributed by atoms with Gasteiger partial charge in [0, 0.05) is 11.6 Å². The Morgan fingerprint density at radius 3 is 2.62 bits per heavy atom. The molecule has 0 unspecified atom stereocenters. The van der Waals surface area contributed by atoms with Crippen LogP contribution in [-0.2, 0) is 11.3 Å². The van der Waals surface area contributed by atoms with Crippen LogP contribution in [0.15, 0.2) is 18.2 Å². The van der Waals surface area contributed by atoms with Crippen molar-refractivity contribution in [3.05, 3.63) is 35.4 Å². The van der Waals surface area contributed by atoms with E-state index in [4.69, 9.17) is 0 Å². The van der Waals surface area contributed by atoms with Crippen molar-refractivity contribution >= 4 is 11.9 Å². The first kappa shape index (κ1) is 10.5. The van der Waals surface area contributed by atoms with Crippen LogP contribution in [0.3, 0.4) is 0 Å². The molecule has 1 heterocycles. The van der Waals surface area contributed by atoms with Gasteiger partial charge in [0.15, 0.2) is 0 Å². The molecule has 3 amide bonds. The highest BCUT2D eigenvalue weighted by Gasteiger charge is 2.28. The van der Waals surface area contributed by atoms with Gasteiger partial charge in [0.2, 0.25) is 5.91 Å². The third-order valence-corrected chi connectivity index (χ3v) is 2.28. The molecular formula is C10H8F2N2O2. The largest absolute Gasteiger partial charge is 0.329 e. The minimum absolute atomic E-state index is 0.0817. The second-order valence-corrected chi connectivity index (χ2v) is 3.37. The molecule has 0 radical (unpaired) electrons. The first-order chi connectivity index (χ1) is 7.58. The van der Waals surface area contributed by atoms with Crippen LogP contribution in [0.4, 0.5) is 13.6 Å². The standard InChI is InChI=1S/C10H8F2N2O2/c11-7-2-1-6(8(12)3-7)5-14-9(15)4-13-10(14)16/h1-3H,4-5H2,(H,13,16). The molecule has 1 fully saturated rings. The second-order valence-electron chi connectivity index (χ2n) is 3.37. The number of urea groups is 1. The Morgan fingerprint density at radius 1 is 1.31 bits per heavy atom. The molecule has 1 aliphatic heterocycles. The average Bonchev–Trinajstić information content (AvgIpc) is 2.53. The van der Waals surface area contributed by atoms with Crippen molar-refractivity contribution in [3.8, 4) is 0 Å². The summed E-state index contributed by atoms with van der Waals surface area (Å²) < 4.78 is 25.9. The maximum Gasteiger partial charge on any atom is 0.324 e. The van der Waals surface area contributed by atoms with Crippen molar-refractivity contribution in [2.45, 2.75) is 6.54 Å². The topological polar surface area (TPSA) is 49.4 Å². The van der Waals surface area contributed by atoms with E-state index in [1.54, 1.807) is 0 Å². The highest BCUT2D eigenvalue weighted by atomic mass is 19.1. The second kappa shape index (κ2) is 3.88. The van der Waals surface area contributed by atoms with Crippen LogP contribution in [0.1, 0.15) is 5.56 Å². The number of hydrogen-bond donors (Lipinski definition) is 1. The number of carbonyl (C=O) groups is 2. The number of benzene rings is 1. The summed E-state index contributed by atoms with van der Waals surface area (Å²) in [6, 6.07) is 2.45. The molecule has 0 bridgehead atoms. The Labute approximate surface area is 89.8 Å². The molecule has 1 saturated heterocycles. The van der Waals surface area contributed by atoms with Crippen LogP contribution in [-0.4, -0.2) is 23.4 Å². The number of rotatable bonds is 2.